The van der Waals surface area contributed by atoms with E-state index in [9.17, 15) is 0 Å². The Morgan fingerprint density at radius 3 is 2.43 bits per heavy atom. The zero-order valence-electron chi connectivity index (χ0n) is 8.76. The van der Waals surface area contributed by atoms with E-state index in [-0.39, 0.29) is 0 Å². The molecule has 0 heterocycles. The second-order valence-electron chi connectivity index (χ2n) is 3.31. The third kappa shape index (κ3) is 2.42. The Bertz CT molecular complexity index is 367. The zero-order valence-corrected chi connectivity index (χ0v) is 8.76. The van der Waals surface area contributed by atoms with Gasteiger partial charge in [-0.15, -0.1) is 0 Å². The van der Waals surface area contributed by atoms with Crippen LogP contribution in [0.2, 0.25) is 0 Å². The number of hydrogen-bond donors (Lipinski definition) is 2. The molecule has 0 spiro atoms. The topological polar surface area (TPSA) is 48.2 Å². The van der Waals surface area contributed by atoms with E-state index in [1.165, 1.54) is 17.3 Å². The van der Waals surface area contributed by atoms with E-state index in [0.29, 0.717) is 0 Å². The quantitative estimate of drug-likeness (QED) is 0.557. The van der Waals surface area contributed by atoms with Gasteiger partial charge in [-0.1, -0.05) is 6.07 Å². The molecule has 1 aromatic rings. The van der Waals surface area contributed by atoms with Crippen LogP contribution in [-0.4, -0.2) is 12.4 Å². The van der Waals surface area contributed by atoms with Crippen molar-refractivity contribution >= 4 is 18.1 Å². The average Bonchev–Trinajstić information content (AvgIpc) is 2.14. The van der Waals surface area contributed by atoms with Crippen LogP contribution in [0.3, 0.4) is 0 Å². The highest BCUT2D eigenvalue weighted by Gasteiger charge is 1.99. The molecule has 0 saturated heterocycles. The molecule has 0 unspecified atom stereocenters. The highest BCUT2D eigenvalue weighted by atomic mass is 15.3. The van der Waals surface area contributed by atoms with Gasteiger partial charge in [-0.2, -0.15) is 5.10 Å². The van der Waals surface area contributed by atoms with Crippen molar-refractivity contribution in [1.29, 1.82) is 5.41 Å². The summed E-state index contributed by atoms with van der Waals surface area (Å²) in [5.74, 6) is 0. The molecule has 0 bridgehead atoms. The smallest absolute Gasteiger partial charge is 0.0648 e. The molecule has 1 rings (SSSR count). The summed E-state index contributed by atoms with van der Waals surface area (Å²) in [6, 6.07) is 4.18. The van der Waals surface area contributed by atoms with Crippen molar-refractivity contribution in [3.05, 3.63) is 28.8 Å². The minimum absolute atomic E-state index is 0.992. The lowest BCUT2D eigenvalue weighted by atomic mass is 10.1. The first-order valence-corrected chi connectivity index (χ1v) is 4.51. The summed E-state index contributed by atoms with van der Waals surface area (Å²) in [5, 5.41) is 10.7. The molecule has 0 amide bonds. The van der Waals surface area contributed by atoms with E-state index < -0.39 is 0 Å². The molecule has 0 aromatic heterocycles. The summed E-state index contributed by atoms with van der Waals surface area (Å²) < 4.78 is 0. The van der Waals surface area contributed by atoms with Gasteiger partial charge in [0.2, 0.25) is 0 Å². The summed E-state index contributed by atoms with van der Waals surface area (Å²) in [5.41, 5.74) is 7.57. The summed E-state index contributed by atoms with van der Waals surface area (Å²) >= 11 is 0. The summed E-state index contributed by atoms with van der Waals surface area (Å²) in [6.07, 6.45) is 2.55. The molecular weight excluding hydrogens is 174 g/mol. The Morgan fingerprint density at radius 2 is 1.79 bits per heavy atom. The van der Waals surface area contributed by atoms with Crippen molar-refractivity contribution in [2.75, 3.05) is 5.43 Å². The van der Waals surface area contributed by atoms with Gasteiger partial charge in [-0.3, -0.25) is 5.43 Å². The predicted octanol–water partition coefficient (Wildman–Crippen LogP) is 2.66. The van der Waals surface area contributed by atoms with Crippen molar-refractivity contribution in [2.24, 2.45) is 5.10 Å². The van der Waals surface area contributed by atoms with Gasteiger partial charge in [-0.25, -0.2) is 0 Å². The van der Waals surface area contributed by atoms with Crippen LogP contribution in [-0.2, 0) is 0 Å². The molecule has 74 valence electrons. The van der Waals surface area contributed by atoms with Crippen molar-refractivity contribution in [1.82, 2.24) is 0 Å². The normalized spacial score (nSPS) is 10.5. The van der Waals surface area contributed by atoms with E-state index in [1.807, 2.05) is 6.92 Å². The number of hydrogen-bond acceptors (Lipinski definition) is 3. The maximum atomic E-state index is 6.78. The molecule has 3 heteroatoms. The monoisotopic (exact) mass is 189 g/mol. The van der Waals surface area contributed by atoms with Crippen LogP contribution in [0, 0.1) is 26.2 Å². The van der Waals surface area contributed by atoms with Crippen molar-refractivity contribution < 1.29 is 0 Å². The first kappa shape index (κ1) is 10.4. The van der Waals surface area contributed by atoms with Gasteiger partial charge in [0.1, 0.15) is 0 Å². The highest BCUT2D eigenvalue weighted by Crippen LogP contribution is 2.19. The highest BCUT2D eigenvalue weighted by molar-refractivity contribution is 6.14. The molecular formula is C11H15N3. The van der Waals surface area contributed by atoms with Gasteiger partial charge < -0.3 is 5.41 Å². The largest absolute Gasteiger partial charge is 0.307 e. The first-order chi connectivity index (χ1) is 6.65. The summed E-state index contributed by atoms with van der Waals surface area (Å²) in [6.45, 7) is 6.20. The number of hydrazone groups is 1. The van der Waals surface area contributed by atoms with Crippen LogP contribution >= 0.6 is 0 Å². The third-order valence-electron chi connectivity index (χ3n) is 2.17. The lowest BCUT2D eigenvalue weighted by Crippen LogP contribution is -1.94. The minimum atomic E-state index is 0.992. The molecule has 3 nitrogen and oxygen atoms in total. The Morgan fingerprint density at radius 1 is 1.14 bits per heavy atom. The molecule has 0 aliphatic heterocycles. The lowest BCUT2D eigenvalue weighted by molar-refractivity contribution is 1.25. The predicted molar refractivity (Wildman–Crippen MR) is 61.6 cm³/mol. The molecule has 0 aliphatic carbocycles. The lowest BCUT2D eigenvalue weighted by Gasteiger charge is -2.08. The summed E-state index contributed by atoms with van der Waals surface area (Å²) in [4.78, 5) is 0. The number of anilines is 1. The zero-order chi connectivity index (χ0) is 10.6. The van der Waals surface area contributed by atoms with Crippen LogP contribution in [0.4, 0.5) is 5.69 Å². The summed E-state index contributed by atoms with van der Waals surface area (Å²) in [7, 11) is 0. The standard InChI is InChI=1S/C11H15N3/c1-8-6-10(3)11(7-9(8)2)14-13-5-4-12/h4-7,12,14H,1-3H3/b12-4?,13-5-. The van der Waals surface area contributed by atoms with Gasteiger partial charge in [0, 0.05) is 6.21 Å². The Labute approximate surface area is 84.4 Å². The molecule has 2 N–H and O–H groups in total. The molecule has 14 heavy (non-hydrogen) atoms. The van der Waals surface area contributed by atoms with Crippen LogP contribution < -0.4 is 5.43 Å². The van der Waals surface area contributed by atoms with Gasteiger partial charge in [-0.05, 0) is 43.5 Å². The van der Waals surface area contributed by atoms with Crippen LogP contribution in [0.1, 0.15) is 16.7 Å². The fourth-order valence-corrected chi connectivity index (χ4v) is 1.23. The Balaban J connectivity index is 2.92. The van der Waals surface area contributed by atoms with E-state index in [0.717, 1.165) is 17.5 Å². The van der Waals surface area contributed by atoms with Crippen LogP contribution in [0.25, 0.3) is 0 Å². The van der Waals surface area contributed by atoms with Crippen LogP contribution in [0.5, 0.6) is 0 Å². The van der Waals surface area contributed by atoms with E-state index in [2.05, 4.69) is 36.5 Å². The van der Waals surface area contributed by atoms with Crippen LogP contribution in [0.15, 0.2) is 17.2 Å². The minimum Gasteiger partial charge on any atom is -0.307 e. The second kappa shape index (κ2) is 4.56. The number of nitrogens with one attached hydrogen (secondary N) is 2. The van der Waals surface area contributed by atoms with Gasteiger partial charge in [0.05, 0.1) is 11.9 Å². The first-order valence-electron chi connectivity index (χ1n) is 4.51. The molecule has 0 aliphatic rings. The molecule has 0 saturated carbocycles. The van der Waals surface area contributed by atoms with Crippen molar-refractivity contribution in [3.8, 4) is 0 Å². The van der Waals surface area contributed by atoms with Gasteiger partial charge in [0.15, 0.2) is 0 Å². The third-order valence-corrected chi connectivity index (χ3v) is 2.17. The molecule has 0 fully saturated rings. The van der Waals surface area contributed by atoms with Gasteiger partial charge >= 0.3 is 0 Å². The number of aryl methyl sites for hydroxylation is 3. The van der Waals surface area contributed by atoms with E-state index >= 15 is 0 Å². The fraction of sp³-hybridized carbons (Fsp3) is 0.273. The average molecular weight is 189 g/mol. The molecule has 1 aromatic carbocycles. The van der Waals surface area contributed by atoms with Gasteiger partial charge in [0.25, 0.3) is 0 Å². The Hall–Kier alpha value is -1.64. The maximum absolute atomic E-state index is 6.78. The second-order valence-corrected chi connectivity index (χ2v) is 3.31. The number of rotatable bonds is 3. The van der Waals surface area contributed by atoms with E-state index in [4.69, 9.17) is 5.41 Å². The molecule has 0 radical (unpaired) electrons. The number of nitrogens with zero attached hydrogens (tertiary/aromatic N) is 1. The van der Waals surface area contributed by atoms with Crippen molar-refractivity contribution in [2.45, 2.75) is 20.8 Å². The maximum Gasteiger partial charge on any atom is 0.0648 e. The fourth-order valence-electron chi connectivity index (χ4n) is 1.23. The van der Waals surface area contributed by atoms with Crippen molar-refractivity contribution in [3.63, 3.8) is 0 Å². The van der Waals surface area contributed by atoms with E-state index in [1.54, 1.807) is 0 Å². The SMILES string of the molecule is Cc1cc(C)c(N/N=C\C=N)cc1C. The Kier molecular flexibility index (Phi) is 3.40. The number of benzene rings is 1. The molecule has 0 atom stereocenters.